The second kappa shape index (κ2) is 4.19. The van der Waals surface area contributed by atoms with Crippen LogP contribution in [0.3, 0.4) is 0 Å². The molecule has 0 fully saturated rings. The van der Waals surface area contributed by atoms with Crippen molar-refractivity contribution in [3.05, 3.63) is 35.7 Å². The van der Waals surface area contributed by atoms with Gasteiger partial charge in [0, 0.05) is 12.4 Å². The summed E-state index contributed by atoms with van der Waals surface area (Å²) in [4.78, 5) is 14.7. The molecule has 0 aliphatic heterocycles. The Bertz CT molecular complexity index is 415. The van der Waals surface area contributed by atoms with E-state index in [4.69, 9.17) is 11.0 Å². The Labute approximate surface area is 81.7 Å². The molecular weight excluding hydrogens is 178 g/mol. The van der Waals surface area contributed by atoms with Crippen molar-refractivity contribution in [1.29, 1.82) is 5.26 Å². The normalized spacial score (nSPS) is 11.4. The Kier molecular flexibility index (Phi) is 2.97. The standard InChI is InChI=1S/C10H9N3O/c1-7(9(6-11)10(12)14)8-2-4-13-5-3-8/h2-5H,1H3,(H2,12,14)/b9-7+. The Morgan fingerprint density at radius 1 is 1.50 bits per heavy atom. The first-order chi connectivity index (χ1) is 6.66. The molecule has 0 aliphatic carbocycles. The monoisotopic (exact) mass is 187 g/mol. The van der Waals surface area contributed by atoms with Crippen molar-refractivity contribution in [2.75, 3.05) is 0 Å². The summed E-state index contributed by atoms with van der Waals surface area (Å²) < 4.78 is 0. The Hall–Kier alpha value is -2.15. The van der Waals surface area contributed by atoms with Crippen molar-refractivity contribution < 1.29 is 4.79 Å². The fourth-order valence-corrected chi connectivity index (χ4v) is 1.07. The fourth-order valence-electron chi connectivity index (χ4n) is 1.07. The van der Waals surface area contributed by atoms with Gasteiger partial charge in [0.2, 0.25) is 0 Å². The second-order valence-corrected chi connectivity index (χ2v) is 2.71. The number of primary amides is 1. The minimum atomic E-state index is -0.707. The Morgan fingerprint density at radius 3 is 2.50 bits per heavy atom. The summed E-state index contributed by atoms with van der Waals surface area (Å²) in [5.41, 5.74) is 6.38. The largest absolute Gasteiger partial charge is 0.365 e. The van der Waals surface area contributed by atoms with Gasteiger partial charge in [-0.3, -0.25) is 9.78 Å². The van der Waals surface area contributed by atoms with Crippen molar-refractivity contribution >= 4 is 11.5 Å². The van der Waals surface area contributed by atoms with Gasteiger partial charge in [-0.05, 0) is 30.2 Å². The molecule has 0 saturated heterocycles. The third kappa shape index (κ3) is 1.96. The molecule has 0 spiro atoms. The van der Waals surface area contributed by atoms with E-state index in [1.165, 1.54) is 0 Å². The van der Waals surface area contributed by atoms with Crippen LogP contribution in [0.15, 0.2) is 30.1 Å². The number of allylic oxidation sites excluding steroid dienone is 1. The zero-order valence-corrected chi connectivity index (χ0v) is 7.69. The lowest BCUT2D eigenvalue weighted by molar-refractivity contribution is -0.114. The highest BCUT2D eigenvalue weighted by atomic mass is 16.1. The summed E-state index contributed by atoms with van der Waals surface area (Å²) in [6.45, 7) is 1.68. The number of nitrogens with zero attached hydrogens (tertiary/aromatic N) is 2. The van der Waals surface area contributed by atoms with E-state index in [1.54, 1.807) is 37.5 Å². The van der Waals surface area contributed by atoms with Crippen molar-refractivity contribution in [1.82, 2.24) is 4.98 Å². The molecule has 0 bridgehead atoms. The Balaban J connectivity index is 3.23. The van der Waals surface area contributed by atoms with Gasteiger partial charge < -0.3 is 5.73 Å². The minimum absolute atomic E-state index is 0.0174. The first-order valence-electron chi connectivity index (χ1n) is 3.98. The fraction of sp³-hybridized carbons (Fsp3) is 0.100. The van der Waals surface area contributed by atoms with Crippen LogP contribution in [-0.2, 0) is 4.79 Å². The third-order valence-corrected chi connectivity index (χ3v) is 1.85. The van der Waals surface area contributed by atoms with Crippen molar-refractivity contribution in [3.63, 3.8) is 0 Å². The van der Waals surface area contributed by atoms with Crippen molar-refractivity contribution in [2.24, 2.45) is 5.73 Å². The zero-order chi connectivity index (χ0) is 10.6. The highest BCUT2D eigenvalue weighted by Crippen LogP contribution is 2.16. The summed E-state index contributed by atoms with van der Waals surface area (Å²) in [5.74, 6) is -0.707. The lowest BCUT2D eigenvalue weighted by Gasteiger charge is -2.01. The van der Waals surface area contributed by atoms with Gasteiger partial charge in [-0.15, -0.1) is 0 Å². The number of amides is 1. The summed E-state index contributed by atoms with van der Waals surface area (Å²) in [6, 6.07) is 5.22. The molecule has 1 amide bonds. The molecule has 4 nitrogen and oxygen atoms in total. The average molecular weight is 187 g/mol. The van der Waals surface area contributed by atoms with Gasteiger partial charge in [0.15, 0.2) is 0 Å². The lowest BCUT2D eigenvalue weighted by atomic mass is 10.0. The maximum Gasteiger partial charge on any atom is 0.259 e. The van der Waals surface area contributed by atoms with Gasteiger partial charge in [-0.2, -0.15) is 5.26 Å². The van der Waals surface area contributed by atoms with Gasteiger partial charge >= 0.3 is 0 Å². The molecule has 0 aromatic carbocycles. The lowest BCUT2D eigenvalue weighted by Crippen LogP contribution is -2.13. The first kappa shape index (κ1) is 9.93. The molecule has 0 unspecified atom stereocenters. The number of hydrogen-bond donors (Lipinski definition) is 1. The smallest absolute Gasteiger partial charge is 0.259 e. The SMILES string of the molecule is C/C(=C(/C#N)C(N)=O)c1ccncc1. The molecule has 0 saturated carbocycles. The van der Waals surface area contributed by atoms with Crippen molar-refractivity contribution in [2.45, 2.75) is 6.92 Å². The van der Waals surface area contributed by atoms with Crippen LogP contribution in [0.5, 0.6) is 0 Å². The zero-order valence-electron chi connectivity index (χ0n) is 7.69. The first-order valence-corrected chi connectivity index (χ1v) is 3.98. The maximum absolute atomic E-state index is 10.9. The van der Waals surface area contributed by atoms with Crippen molar-refractivity contribution in [3.8, 4) is 6.07 Å². The van der Waals surface area contributed by atoms with E-state index in [0.29, 0.717) is 5.57 Å². The molecule has 2 N–H and O–H groups in total. The summed E-state index contributed by atoms with van der Waals surface area (Å²) in [7, 11) is 0. The third-order valence-electron chi connectivity index (χ3n) is 1.85. The van der Waals surface area contributed by atoms with Crippen LogP contribution in [0.2, 0.25) is 0 Å². The molecule has 1 rings (SSSR count). The highest BCUT2D eigenvalue weighted by molar-refractivity contribution is 6.03. The van der Waals surface area contributed by atoms with E-state index < -0.39 is 5.91 Å². The van der Waals surface area contributed by atoms with Gasteiger partial charge in [-0.25, -0.2) is 0 Å². The van der Waals surface area contributed by atoms with Crippen LogP contribution in [0, 0.1) is 11.3 Å². The number of pyridine rings is 1. The highest BCUT2D eigenvalue weighted by Gasteiger charge is 2.09. The molecule has 1 heterocycles. The average Bonchev–Trinajstić information content (AvgIpc) is 2.19. The maximum atomic E-state index is 10.9. The van der Waals surface area contributed by atoms with Crippen LogP contribution in [0.25, 0.3) is 5.57 Å². The predicted octanol–water partition coefficient (Wildman–Crippen LogP) is 0.864. The van der Waals surface area contributed by atoms with E-state index in [-0.39, 0.29) is 5.57 Å². The molecule has 0 atom stereocenters. The number of carbonyl (C=O) groups excluding carboxylic acids is 1. The number of hydrogen-bond acceptors (Lipinski definition) is 3. The van der Waals surface area contributed by atoms with Gasteiger partial charge in [0.1, 0.15) is 11.6 Å². The predicted molar refractivity (Wildman–Crippen MR) is 51.6 cm³/mol. The molecule has 1 aromatic rings. The summed E-state index contributed by atoms with van der Waals surface area (Å²) >= 11 is 0. The van der Waals surface area contributed by atoms with Gasteiger partial charge in [0.05, 0.1) is 0 Å². The molecular formula is C10H9N3O. The number of aromatic nitrogens is 1. The van der Waals surface area contributed by atoms with E-state index >= 15 is 0 Å². The molecule has 0 radical (unpaired) electrons. The van der Waals surface area contributed by atoms with Crippen LogP contribution in [-0.4, -0.2) is 10.9 Å². The minimum Gasteiger partial charge on any atom is -0.365 e. The molecule has 0 aliphatic rings. The molecule has 4 heteroatoms. The van der Waals surface area contributed by atoms with E-state index in [0.717, 1.165) is 5.56 Å². The van der Waals surface area contributed by atoms with Crippen LogP contribution in [0.4, 0.5) is 0 Å². The molecule has 14 heavy (non-hydrogen) atoms. The van der Waals surface area contributed by atoms with Crippen LogP contribution in [0.1, 0.15) is 12.5 Å². The molecule has 1 aromatic heterocycles. The van der Waals surface area contributed by atoms with E-state index in [9.17, 15) is 4.79 Å². The topological polar surface area (TPSA) is 79.8 Å². The summed E-state index contributed by atoms with van der Waals surface area (Å²) in [5, 5.41) is 8.70. The number of nitrogens with two attached hydrogens (primary N) is 1. The van der Waals surface area contributed by atoms with E-state index in [2.05, 4.69) is 4.98 Å². The van der Waals surface area contributed by atoms with Gasteiger partial charge in [0.25, 0.3) is 5.91 Å². The number of rotatable bonds is 2. The summed E-state index contributed by atoms with van der Waals surface area (Å²) in [6.07, 6.45) is 3.18. The van der Waals surface area contributed by atoms with Gasteiger partial charge in [-0.1, -0.05) is 0 Å². The number of nitriles is 1. The quantitative estimate of drug-likeness (QED) is 0.551. The van der Waals surface area contributed by atoms with E-state index in [1.807, 2.05) is 0 Å². The van der Waals surface area contributed by atoms with Crippen LogP contribution >= 0.6 is 0 Å². The Morgan fingerprint density at radius 2 is 2.07 bits per heavy atom. The molecule has 70 valence electrons. The number of carbonyl (C=O) groups is 1. The van der Waals surface area contributed by atoms with Crippen LogP contribution < -0.4 is 5.73 Å². The second-order valence-electron chi connectivity index (χ2n) is 2.71.